The molecule has 0 aliphatic rings. The minimum atomic E-state index is -2.82. The fourth-order valence-electron chi connectivity index (χ4n) is 1.28. The van der Waals surface area contributed by atoms with Crippen LogP contribution in [-0.4, -0.2) is 57.5 Å². The summed E-state index contributed by atoms with van der Waals surface area (Å²) in [6.45, 7) is 8.54. The van der Waals surface area contributed by atoms with Crippen molar-refractivity contribution in [3.63, 3.8) is 0 Å². The van der Waals surface area contributed by atoms with Gasteiger partial charge in [0.05, 0.1) is 5.75 Å². The summed E-state index contributed by atoms with van der Waals surface area (Å²) in [7, 11) is -0.755. The molecule has 0 rings (SSSR count). The van der Waals surface area contributed by atoms with Gasteiger partial charge in [-0.2, -0.15) is 0 Å². The van der Waals surface area contributed by atoms with E-state index in [-0.39, 0.29) is 5.75 Å². The van der Waals surface area contributed by atoms with Crippen molar-refractivity contribution in [2.75, 3.05) is 38.2 Å². The number of nitrogens with zero attached hydrogens (tertiary/aromatic N) is 1. The molecule has 0 aliphatic carbocycles. The molecule has 0 fully saturated rings. The Morgan fingerprint density at radius 3 is 2.31 bits per heavy atom. The van der Waals surface area contributed by atoms with Crippen molar-refractivity contribution < 1.29 is 8.42 Å². The molecular formula is C11H26N2O2S. The largest absolute Gasteiger partial charge is 0.314 e. The third-order valence-corrected chi connectivity index (χ3v) is 4.48. The van der Waals surface area contributed by atoms with E-state index >= 15 is 0 Å². The molecule has 0 saturated carbocycles. The lowest BCUT2D eigenvalue weighted by Crippen LogP contribution is -2.35. The van der Waals surface area contributed by atoms with Crippen LogP contribution in [0, 0.1) is 0 Å². The molecule has 16 heavy (non-hydrogen) atoms. The lowest BCUT2D eigenvalue weighted by Gasteiger charge is -2.20. The first kappa shape index (κ1) is 15.9. The average molecular weight is 250 g/mol. The third kappa shape index (κ3) is 8.07. The number of nitrogens with one attached hydrogen (secondary N) is 1. The van der Waals surface area contributed by atoms with Crippen LogP contribution < -0.4 is 5.32 Å². The van der Waals surface area contributed by atoms with Crippen molar-refractivity contribution in [1.82, 2.24) is 10.2 Å². The highest BCUT2D eigenvalue weighted by Gasteiger charge is 2.08. The molecule has 1 N–H and O–H groups in total. The Hall–Kier alpha value is -0.130. The summed E-state index contributed by atoms with van der Waals surface area (Å²) in [5.41, 5.74) is 0. The van der Waals surface area contributed by atoms with E-state index in [9.17, 15) is 8.42 Å². The number of sulfone groups is 1. The molecule has 0 radical (unpaired) electrons. The molecule has 0 aliphatic heterocycles. The van der Waals surface area contributed by atoms with Crippen LogP contribution in [0.3, 0.4) is 0 Å². The van der Waals surface area contributed by atoms with Crippen LogP contribution in [0.15, 0.2) is 0 Å². The molecule has 0 aromatic carbocycles. The van der Waals surface area contributed by atoms with Crippen LogP contribution in [-0.2, 0) is 9.84 Å². The SMILES string of the molecule is CCCS(=O)(=O)CCNCCN(C)C(C)C. The zero-order valence-electron chi connectivity index (χ0n) is 11.0. The highest BCUT2D eigenvalue weighted by atomic mass is 32.2. The molecule has 98 valence electrons. The molecule has 0 aromatic heterocycles. The van der Waals surface area contributed by atoms with Gasteiger partial charge in [0.25, 0.3) is 0 Å². The monoisotopic (exact) mass is 250 g/mol. The minimum Gasteiger partial charge on any atom is -0.314 e. The van der Waals surface area contributed by atoms with Crippen LogP contribution >= 0.6 is 0 Å². The molecule has 0 amide bonds. The summed E-state index contributed by atoms with van der Waals surface area (Å²) in [6.07, 6.45) is 0.707. The Kier molecular flexibility index (Phi) is 7.97. The van der Waals surface area contributed by atoms with E-state index in [1.54, 1.807) is 0 Å². The topological polar surface area (TPSA) is 49.4 Å². The van der Waals surface area contributed by atoms with Gasteiger partial charge in [0.1, 0.15) is 0 Å². The summed E-state index contributed by atoms with van der Waals surface area (Å²) >= 11 is 0. The van der Waals surface area contributed by atoms with Gasteiger partial charge in [-0.3, -0.25) is 0 Å². The van der Waals surface area contributed by atoms with Crippen LogP contribution in [0.4, 0.5) is 0 Å². The Morgan fingerprint density at radius 2 is 1.81 bits per heavy atom. The van der Waals surface area contributed by atoms with Crippen LogP contribution in [0.1, 0.15) is 27.2 Å². The Morgan fingerprint density at radius 1 is 1.19 bits per heavy atom. The molecule has 0 atom stereocenters. The maximum atomic E-state index is 11.4. The molecule has 4 nitrogen and oxygen atoms in total. The van der Waals surface area contributed by atoms with Gasteiger partial charge in [-0.25, -0.2) is 8.42 Å². The number of hydrogen-bond acceptors (Lipinski definition) is 4. The zero-order valence-corrected chi connectivity index (χ0v) is 11.8. The first-order chi connectivity index (χ1) is 7.39. The van der Waals surface area contributed by atoms with Crippen molar-refractivity contribution in [3.05, 3.63) is 0 Å². The third-order valence-electron chi connectivity index (χ3n) is 2.63. The standard InChI is InChI=1S/C11H26N2O2S/c1-5-9-16(14,15)10-7-12-6-8-13(4)11(2)3/h11-12H,5-10H2,1-4H3. The molecule has 0 aromatic rings. The summed E-state index contributed by atoms with van der Waals surface area (Å²) in [5, 5.41) is 3.16. The van der Waals surface area contributed by atoms with Gasteiger partial charge in [-0.1, -0.05) is 6.92 Å². The minimum absolute atomic E-state index is 0.256. The summed E-state index contributed by atoms with van der Waals surface area (Å²) in [4.78, 5) is 2.23. The quantitative estimate of drug-likeness (QED) is 0.613. The molecule has 0 unspecified atom stereocenters. The predicted octanol–water partition coefficient (Wildman–Crippen LogP) is 0.741. The van der Waals surface area contributed by atoms with E-state index in [0.29, 0.717) is 24.8 Å². The second-order valence-corrected chi connectivity index (χ2v) is 6.78. The first-order valence-electron chi connectivity index (χ1n) is 6.00. The Labute approximate surface area is 100 Å². The highest BCUT2D eigenvalue weighted by Crippen LogP contribution is 1.93. The predicted molar refractivity (Wildman–Crippen MR) is 69.6 cm³/mol. The molecule has 0 heterocycles. The second kappa shape index (κ2) is 8.03. The molecule has 5 heteroatoms. The van der Waals surface area contributed by atoms with Crippen molar-refractivity contribution in [3.8, 4) is 0 Å². The van der Waals surface area contributed by atoms with E-state index in [1.807, 2.05) is 6.92 Å². The fraction of sp³-hybridized carbons (Fsp3) is 1.00. The van der Waals surface area contributed by atoms with Crippen LogP contribution in [0.2, 0.25) is 0 Å². The molecule has 0 bridgehead atoms. The van der Waals surface area contributed by atoms with E-state index < -0.39 is 9.84 Å². The molecule has 0 spiro atoms. The van der Waals surface area contributed by atoms with E-state index in [2.05, 4.69) is 31.1 Å². The van der Waals surface area contributed by atoms with E-state index in [4.69, 9.17) is 0 Å². The molecular weight excluding hydrogens is 224 g/mol. The van der Waals surface area contributed by atoms with E-state index in [0.717, 1.165) is 13.1 Å². The maximum Gasteiger partial charge on any atom is 0.151 e. The van der Waals surface area contributed by atoms with Gasteiger partial charge < -0.3 is 10.2 Å². The summed E-state index contributed by atoms with van der Waals surface area (Å²) in [6, 6.07) is 0.533. The summed E-state index contributed by atoms with van der Waals surface area (Å²) in [5.74, 6) is 0.562. The summed E-state index contributed by atoms with van der Waals surface area (Å²) < 4.78 is 22.8. The van der Waals surface area contributed by atoms with Gasteiger partial charge in [0.15, 0.2) is 9.84 Å². The Bertz CT molecular complexity index is 263. The number of hydrogen-bond donors (Lipinski definition) is 1. The van der Waals surface area contributed by atoms with Crippen LogP contribution in [0.25, 0.3) is 0 Å². The normalized spacial score (nSPS) is 12.6. The second-order valence-electron chi connectivity index (χ2n) is 4.48. The van der Waals surface area contributed by atoms with Crippen molar-refractivity contribution >= 4 is 9.84 Å². The van der Waals surface area contributed by atoms with Gasteiger partial charge in [0, 0.05) is 31.4 Å². The average Bonchev–Trinajstić information content (AvgIpc) is 2.16. The van der Waals surface area contributed by atoms with Crippen molar-refractivity contribution in [2.24, 2.45) is 0 Å². The van der Waals surface area contributed by atoms with Gasteiger partial charge in [0.2, 0.25) is 0 Å². The fourth-order valence-corrected chi connectivity index (χ4v) is 2.56. The van der Waals surface area contributed by atoms with Gasteiger partial charge in [-0.05, 0) is 27.3 Å². The molecule has 0 saturated heterocycles. The number of rotatable bonds is 9. The maximum absolute atomic E-state index is 11.4. The van der Waals surface area contributed by atoms with E-state index in [1.165, 1.54) is 0 Å². The highest BCUT2D eigenvalue weighted by molar-refractivity contribution is 7.91. The zero-order chi connectivity index (χ0) is 12.6. The smallest absolute Gasteiger partial charge is 0.151 e. The first-order valence-corrected chi connectivity index (χ1v) is 7.82. The number of likely N-dealkylation sites (N-methyl/N-ethyl adjacent to an activating group) is 1. The van der Waals surface area contributed by atoms with Gasteiger partial charge in [-0.15, -0.1) is 0 Å². The lowest BCUT2D eigenvalue weighted by atomic mass is 10.3. The van der Waals surface area contributed by atoms with Crippen LogP contribution in [0.5, 0.6) is 0 Å². The van der Waals surface area contributed by atoms with Gasteiger partial charge >= 0.3 is 0 Å². The lowest BCUT2D eigenvalue weighted by molar-refractivity contribution is 0.274. The Balaban J connectivity index is 3.54. The van der Waals surface area contributed by atoms with Crippen molar-refractivity contribution in [1.29, 1.82) is 0 Å². The van der Waals surface area contributed by atoms with Crippen molar-refractivity contribution in [2.45, 2.75) is 33.2 Å².